The van der Waals surface area contributed by atoms with Gasteiger partial charge in [-0.2, -0.15) is 4.31 Å². The lowest BCUT2D eigenvalue weighted by Crippen LogP contribution is -2.57. The van der Waals surface area contributed by atoms with Crippen molar-refractivity contribution in [3.05, 3.63) is 34.6 Å². The number of morpholine rings is 1. The van der Waals surface area contributed by atoms with Gasteiger partial charge < -0.3 is 15.4 Å². The number of hydrogen-bond donors (Lipinski definition) is 2. The second-order valence-corrected chi connectivity index (χ2v) is 13.7. The number of halogens is 2. The van der Waals surface area contributed by atoms with E-state index in [1.807, 2.05) is 0 Å². The second kappa shape index (κ2) is 12.5. The van der Waals surface area contributed by atoms with Gasteiger partial charge in [0.05, 0.1) is 24.0 Å². The summed E-state index contributed by atoms with van der Waals surface area (Å²) < 4.78 is 47.2. The Morgan fingerprint density at radius 3 is 2.79 bits per heavy atom. The predicted octanol–water partition coefficient (Wildman–Crippen LogP) is 3.07. The molecule has 1 saturated carbocycles. The number of fused-ring (bicyclic) bond motifs is 2. The van der Waals surface area contributed by atoms with Crippen LogP contribution in [-0.4, -0.2) is 86.8 Å². The lowest BCUT2D eigenvalue weighted by Gasteiger charge is -2.38. The smallest absolute Gasteiger partial charge is 0.222 e. The number of nitrogens with one attached hydrogen (secondary N) is 2. The molecule has 3 aliphatic heterocycles. The molecule has 1 aromatic carbocycles. The first-order chi connectivity index (χ1) is 18.3. The Labute approximate surface area is 230 Å². The Kier molecular flexibility index (Phi) is 9.27. The van der Waals surface area contributed by atoms with Gasteiger partial charge >= 0.3 is 0 Å². The van der Waals surface area contributed by atoms with E-state index in [4.69, 9.17) is 16.3 Å². The summed E-state index contributed by atoms with van der Waals surface area (Å²) in [6.07, 6.45) is 6.58. The van der Waals surface area contributed by atoms with Gasteiger partial charge in [-0.05, 0) is 62.1 Å². The third-order valence-corrected chi connectivity index (χ3v) is 11.1. The summed E-state index contributed by atoms with van der Waals surface area (Å²) in [6, 6.07) is 4.87. The fraction of sp³-hybridized carbons (Fsp3) is 0.741. The minimum Gasteiger partial charge on any atom is -0.379 e. The van der Waals surface area contributed by atoms with Gasteiger partial charge in [0.1, 0.15) is 5.82 Å². The fourth-order valence-electron chi connectivity index (χ4n) is 6.73. The molecule has 4 fully saturated rings. The van der Waals surface area contributed by atoms with Gasteiger partial charge in [-0.1, -0.05) is 24.1 Å². The molecule has 11 heteroatoms. The van der Waals surface area contributed by atoms with E-state index in [2.05, 4.69) is 15.5 Å². The first-order valence-electron chi connectivity index (χ1n) is 14.1. The highest BCUT2D eigenvalue weighted by atomic mass is 35.5. The first-order valence-corrected chi connectivity index (χ1v) is 16.1. The highest BCUT2D eigenvalue weighted by molar-refractivity contribution is 7.89. The maximum atomic E-state index is 14.3. The van der Waals surface area contributed by atoms with E-state index >= 15 is 0 Å². The monoisotopic (exact) mass is 570 g/mol. The normalized spacial score (nSPS) is 32.4. The number of ether oxygens (including phenoxy) is 1. The highest BCUT2D eigenvalue weighted by Gasteiger charge is 2.39. The molecule has 8 nitrogen and oxygen atoms in total. The molecule has 5 rings (SSSR count). The van der Waals surface area contributed by atoms with Crippen LogP contribution < -0.4 is 10.6 Å². The summed E-state index contributed by atoms with van der Waals surface area (Å²) in [4.78, 5) is 15.5. The Hall–Kier alpha value is -1.30. The molecule has 1 aliphatic carbocycles. The maximum Gasteiger partial charge on any atom is 0.222 e. The molecule has 1 amide bonds. The van der Waals surface area contributed by atoms with E-state index in [1.165, 1.54) is 6.07 Å². The average Bonchev–Trinajstić information content (AvgIpc) is 3.30. The van der Waals surface area contributed by atoms with Crippen molar-refractivity contribution in [2.24, 2.45) is 5.92 Å². The SMILES string of the molecule is O=C(CC(c1ccc(Cl)c(F)c1)N1CCOCC1)N[C@H]1CCC[C@@H]1CC[C@H]1CN[C@@H]2CCCS(=O)(=O)N1C2. The standard InChI is InChI=1S/C27H40ClFN4O4S/c28-23-9-7-20(15-24(23)29)26(32-10-12-37-13-11-32)16-27(34)31-25-5-1-3-19(25)6-8-22-17-30-21-4-2-14-38(35,36)33(22)18-21/h7,9,15,19,21-22,25-26,30H,1-6,8,10-14,16-18H2,(H,31,34)/t19-,21-,22+,25+,26?/m1/s1. The average molecular weight is 571 g/mol. The summed E-state index contributed by atoms with van der Waals surface area (Å²) >= 11 is 5.92. The lowest BCUT2D eigenvalue weighted by atomic mass is 9.93. The molecular formula is C27H40ClFN4O4S. The number of rotatable bonds is 8. The number of hydrogen-bond acceptors (Lipinski definition) is 6. The van der Waals surface area contributed by atoms with E-state index < -0.39 is 15.8 Å². The molecule has 2 bridgehead atoms. The van der Waals surface area contributed by atoms with Crippen molar-refractivity contribution < 1.29 is 22.3 Å². The molecule has 212 valence electrons. The summed E-state index contributed by atoms with van der Waals surface area (Å²) in [5.41, 5.74) is 0.744. The second-order valence-electron chi connectivity index (χ2n) is 11.3. The fourth-order valence-corrected chi connectivity index (χ4v) is 8.66. The first kappa shape index (κ1) is 28.2. The Morgan fingerprint density at radius 1 is 1.18 bits per heavy atom. The quantitative estimate of drug-likeness (QED) is 0.499. The van der Waals surface area contributed by atoms with Crippen molar-refractivity contribution in [2.45, 2.75) is 75.5 Å². The minimum atomic E-state index is -3.20. The number of sulfonamides is 1. The molecule has 3 saturated heterocycles. The van der Waals surface area contributed by atoms with Crippen molar-refractivity contribution >= 4 is 27.5 Å². The van der Waals surface area contributed by atoms with Gasteiger partial charge in [-0.25, -0.2) is 12.8 Å². The predicted molar refractivity (Wildman–Crippen MR) is 145 cm³/mol. The third kappa shape index (κ3) is 6.70. The van der Waals surface area contributed by atoms with Gasteiger partial charge in [0.25, 0.3) is 0 Å². The van der Waals surface area contributed by atoms with E-state index in [9.17, 15) is 17.6 Å². The molecular weight excluding hydrogens is 531 g/mol. The van der Waals surface area contributed by atoms with Gasteiger partial charge in [0, 0.05) is 56.8 Å². The van der Waals surface area contributed by atoms with Crippen LogP contribution in [0.3, 0.4) is 0 Å². The molecule has 1 aromatic rings. The number of nitrogens with zero attached hydrogens (tertiary/aromatic N) is 2. The van der Waals surface area contributed by atoms with Crippen molar-refractivity contribution in [3.8, 4) is 0 Å². The van der Waals surface area contributed by atoms with Crippen molar-refractivity contribution in [1.29, 1.82) is 0 Å². The van der Waals surface area contributed by atoms with E-state index in [0.717, 1.165) is 44.1 Å². The van der Waals surface area contributed by atoms with Crippen LogP contribution in [-0.2, 0) is 19.6 Å². The molecule has 2 N–H and O–H groups in total. The minimum absolute atomic E-state index is 0.0168. The van der Waals surface area contributed by atoms with Crippen molar-refractivity contribution in [1.82, 2.24) is 19.8 Å². The van der Waals surface area contributed by atoms with E-state index in [-0.39, 0.29) is 47.3 Å². The van der Waals surface area contributed by atoms with Crippen LogP contribution in [0.2, 0.25) is 5.02 Å². The zero-order valence-electron chi connectivity index (χ0n) is 21.9. The molecule has 3 heterocycles. The summed E-state index contributed by atoms with van der Waals surface area (Å²) in [7, 11) is -3.20. The largest absolute Gasteiger partial charge is 0.379 e. The summed E-state index contributed by atoms with van der Waals surface area (Å²) in [5.74, 6) is 0.0619. The molecule has 38 heavy (non-hydrogen) atoms. The van der Waals surface area contributed by atoms with Crippen LogP contribution in [0.15, 0.2) is 18.2 Å². The molecule has 2 unspecified atom stereocenters. The zero-order valence-corrected chi connectivity index (χ0v) is 23.5. The Morgan fingerprint density at radius 2 is 2.00 bits per heavy atom. The lowest BCUT2D eigenvalue weighted by molar-refractivity contribution is -0.124. The molecule has 0 spiro atoms. The van der Waals surface area contributed by atoms with Crippen LogP contribution in [0.1, 0.15) is 63.0 Å². The summed E-state index contributed by atoms with van der Waals surface area (Å²) in [5, 5.41) is 6.91. The van der Waals surface area contributed by atoms with Crippen LogP contribution >= 0.6 is 11.6 Å². The number of amides is 1. The third-order valence-electron chi connectivity index (χ3n) is 8.83. The Bertz CT molecular complexity index is 1090. The molecule has 4 aliphatic rings. The topological polar surface area (TPSA) is 91.0 Å². The highest BCUT2D eigenvalue weighted by Crippen LogP contribution is 2.33. The van der Waals surface area contributed by atoms with Crippen LogP contribution in [0.25, 0.3) is 0 Å². The number of carbonyl (C=O) groups excluding carboxylic acids is 1. The zero-order chi connectivity index (χ0) is 26.7. The number of benzene rings is 1. The van der Waals surface area contributed by atoms with Crippen LogP contribution in [0, 0.1) is 11.7 Å². The molecule has 6 atom stereocenters. The van der Waals surface area contributed by atoms with Crippen molar-refractivity contribution in [2.75, 3.05) is 45.1 Å². The molecule has 0 radical (unpaired) electrons. The number of carbonyl (C=O) groups is 1. The Balaban J connectivity index is 1.20. The summed E-state index contributed by atoms with van der Waals surface area (Å²) in [6.45, 7) is 3.82. The van der Waals surface area contributed by atoms with Gasteiger partial charge in [0.15, 0.2) is 0 Å². The van der Waals surface area contributed by atoms with E-state index in [1.54, 1.807) is 16.4 Å². The van der Waals surface area contributed by atoms with Crippen LogP contribution in [0.5, 0.6) is 0 Å². The molecule has 0 aromatic heterocycles. The van der Waals surface area contributed by atoms with Crippen LogP contribution in [0.4, 0.5) is 4.39 Å². The maximum absolute atomic E-state index is 14.3. The van der Waals surface area contributed by atoms with Crippen molar-refractivity contribution in [3.63, 3.8) is 0 Å². The van der Waals surface area contributed by atoms with Gasteiger partial charge in [0.2, 0.25) is 15.9 Å². The van der Waals surface area contributed by atoms with Gasteiger partial charge in [-0.15, -0.1) is 0 Å². The van der Waals surface area contributed by atoms with Gasteiger partial charge in [-0.3, -0.25) is 9.69 Å². The van der Waals surface area contributed by atoms with E-state index in [0.29, 0.717) is 51.7 Å². The number of piperazine rings is 1.